The van der Waals surface area contributed by atoms with E-state index in [1.807, 2.05) is 0 Å². The number of rotatable bonds is 4. The topological polar surface area (TPSA) is 54.4 Å². The highest BCUT2D eigenvalue weighted by atomic mass is 127. The van der Waals surface area contributed by atoms with E-state index in [9.17, 15) is 5.11 Å². The molecule has 0 atom stereocenters. The van der Waals surface area contributed by atoms with Crippen LogP contribution in [0.4, 0.5) is 5.69 Å². The Morgan fingerprint density at radius 2 is 2.38 bits per heavy atom. The van der Waals surface area contributed by atoms with Crippen LogP contribution in [0.2, 0.25) is 5.15 Å². The van der Waals surface area contributed by atoms with Crippen LogP contribution in [0.3, 0.4) is 0 Å². The molecule has 1 aliphatic rings. The standard InChI is InChI=1S/C10H12ClIN2O2/c11-9-1-8(7(12)2-13-9)14-3-10(4-15)5-16-6-10/h1-2,15H,3-6H2,(H,13,14). The van der Waals surface area contributed by atoms with Gasteiger partial charge in [-0.15, -0.1) is 0 Å². The van der Waals surface area contributed by atoms with Crippen molar-refractivity contribution in [2.75, 3.05) is 31.7 Å². The van der Waals surface area contributed by atoms with Crippen LogP contribution >= 0.6 is 34.2 Å². The zero-order valence-electron chi connectivity index (χ0n) is 8.54. The molecule has 1 aromatic rings. The Morgan fingerprint density at radius 3 is 2.94 bits per heavy atom. The molecular weight excluding hydrogens is 342 g/mol. The van der Waals surface area contributed by atoms with Crippen LogP contribution in [0, 0.1) is 8.99 Å². The van der Waals surface area contributed by atoms with Gasteiger partial charge in [-0.1, -0.05) is 11.6 Å². The molecule has 4 nitrogen and oxygen atoms in total. The Kier molecular flexibility index (Phi) is 3.89. The van der Waals surface area contributed by atoms with Gasteiger partial charge in [-0.25, -0.2) is 4.98 Å². The summed E-state index contributed by atoms with van der Waals surface area (Å²) in [5.41, 5.74) is 0.805. The maximum Gasteiger partial charge on any atom is 0.131 e. The molecule has 88 valence electrons. The summed E-state index contributed by atoms with van der Waals surface area (Å²) in [5.74, 6) is 0. The number of aliphatic hydroxyl groups is 1. The third-order valence-electron chi connectivity index (χ3n) is 2.63. The molecule has 0 radical (unpaired) electrons. The molecule has 2 N–H and O–H groups in total. The quantitative estimate of drug-likeness (QED) is 0.639. The lowest BCUT2D eigenvalue weighted by atomic mass is 9.87. The minimum atomic E-state index is -0.140. The van der Waals surface area contributed by atoms with Crippen molar-refractivity contribution in [3.05, 3.63) is 21.0 Å². The Labute approximate surface area is 112 Å². The Hall–Kier alpha value is -0.110. The summed E-state index contributed by atoms with van der Waals surface area (Å²) in [7, 11) is 0. The fourth-order valence-electron chi connectivity index (χ4n) is 1.47. The number of pyridine rings is 1. The van der Waals surface area contributed by atoms with Gasteiger partial charge in [0.1, 0.15) is 5.15 Å². The second kappa shape index (κ2) is 5.03. The first-order valence-electron chi connectivity index (χ1n) is 4.89. The molecule has 1 saturated heterocycles. The Morgan fingerprint density at radius 1 is 1.62 bits per heavy atom. The van der Waals surface area contributed by atoms with E-state index < -0.39 is 0 Å². The number of aliphatic hydroxyl groups excluding tert-OH is 1. The number of hydrogen-bond acceptors (Lipinski definition) is 4. The number of ether oxygens (including phenoxy) is 1. The SMILES string of the molecule is OCC1(CNc2cc(Cl)ncc2I)COC1. The van der Waals surface area contributed by atoms with E-state index in [1.165, 1.54) is 0 Å². The molecule has 1 aromatic heterocycles. The van der Waals surface area contributed by atoms with Gasteiger partial charge in [-0.2, -0.15) is 0 Å². The van der Waals surface area contributed by atoms with Gasteiger partial charge in [0, 0.05) is 12.7 Å². The van der Waals surface area contributed by atoms with Gasteiger partial charge < -0.3 is 15.2 Å². The van der Waals surface area contributed by atoms with Crippen LogP contribution < -0.4 is 5.32 Å². The number of aromatic nitrogens is 1. The summed E-state index contributed by atoms with van der Waals surface area (Å²) in [6.45, 7) is 2.02. The second-order valence-corrected chi connectivity index (χ2v) is 5.54. The number of nitrogens with one attached hydrogen (secondary N) is 1. The van der Waals surface area contributed by atoms with Crippen LogP contribution in [0.25, 0.3) is 0 Å². The first-order chi connectivity index (χ1) is 7.65. The number of hydrogen-bond donors (Lipinski definition) is 2. The number of nitrogens with zero attached hydrogens (tertiary/aromatic N) is 1. The average molecular weight is 355 g/mol. The molecule has 0 spiro atoms. The van der Waals surface area contributed by atoms with Gasteiger partial charge in [0.15, 0.2) is 0 Å². The van der Waals surface area contributed by atoms with Crippen LogP contribution in [0.5, 0.6) is 0 Å². The van der Waals surface area contributed by atoms with Crippen molar-refractivity contribution >= 4 is 39.9 Å². The zero-order chi connectivity index (χ0) is 11.6. The second-order valence-electron chi connectivity index (χ2n) is 3.99. The van der Waals surface area contributed by atoms with E-state index in [0.29, 0.717) is 24.9 Å². The first kappa shape index (κ1) is 12.3. The molecule has 2 heterocycles. The molecule has 0 aliphatic carbocycles. The number of anilines is 1. The monoisotopic (exact) mass is 354 g/mol. The average Bonchev–Trinajstić information content (AvgIpc) is 2.22. The third-order valence-corrected chi connectivity index (χ3v) is 3.69. The van der Waals surface area contributed by atoms with Gasteiger partial charge in [-0.3, -0.25) is 0 Å². The molecular formula is C10H12ClIN2O2. The molecule has 16 heavy (non-hydrogen) atoms. The van der Waals surface area contributed by atoms with Crippen LogP contribution in [-0.4, -0.2) is 36.5 Å². The van der Waals surface area contributed by atoms with Gasteiger partial charge in [-0.05, 0) is 28.7 Å². The summed E-state index contributed by atoms with van der Waals surface area (Å²) >= 11 is 8.01. The Bertz CT molecular complexity index is 380. The molecule has 6 heteroatoms. The highest BCUT2D eigenvalue weighted by molar-refractivity contribution is 14.1. The van der Waals surface area contributed by atoms with E-state index in [2.05, 4.69) is 32.9 Å². The lowest BCUT2D eigenvalue weighted by Crippen LogP contribution is -2.50. The predicted molar refractivity (Wildman–Crippen MR) is 70.8 cm³/mol. The molecule has 1 aliphatic heterocycles. The molecule has 0 unspecified atom stereocenters. The van der Waals surface area contributed by atoms with Crippen LogP contribution in [-0.2, 0) is 4.74 Å². The molecule has 0 aromatic carbocycles. The van der Waals surface area contributed by atoms with Crippen molar-refractivity contribution in [3.63, 3.8) is 0 Å². The van der Waals surface area contributed by atoms with Crippen molar-refractivity contribution in [2.24, 2.45) is 5.41 Å². The van der Waals surface area contributed by atoms with E-state index in [0.717, 1.165) is 9.26 Å². The number of halogens is 2. The van der Waals surface area contributed by atoms with Gasteiger partial charge in [0.2, 0.25) is 0 Å². The highest BCUT2D eigenvalue weighted by Crippen LogP contribution is 2.28. The predicted octanol–water partition coefficient (Wildman–Crippen LogP) is 1.76. The van der Waals surface area contributed by atoms with Crippen LogP contribution in [0.1, 0.15) is 0 Å². The summed E-state index contributed by atoms with van der Waals surface area (Å²) in [6.07, 6.45) is 1.72. The minimum Gasteiger partial charge on any atom is -0.396 e. The maximum absolute atomic E-state index is 9.28. The third kappa shape index (κ3) is 2.58. The van der Waals surface area contributed by atoms with E-state index in [4.69, 9.17) is 16.3 Å². The lowest BCUT2D eigenvalue weighted by Gasteiger charge is -2.40. The van der Waals surface area contributed by atoms with Gasteiger partial charge >= 0.3 is 0 Å². The normalized spacial score (nSPS) is 17.9. The maximum atomic E-state index is 9.28. The Balaban J connectivity index is 2.01. The summed E-state index contributed by atoms with van der Waals surface area (Å²) < 4.78 is 6.14. The van der Waals surface area contributed by atoms with Crippen molar-refractivity contribution in [1.29, 1.82) is 0 Å². The molecule has 0 saturated carbocycles. The fourth-order valence-corrected chi connectivity index (χ4v) is 2.11. The summed E-state index contributed by atoms with van der Waals surface area (Å²) in [6, 6.07) is 1.79. The van der Waals surface area contributed by atoms with Crippen molar-refractivity contribution in [1.82, 2.24) is 4.98 Å². The fraction of sp³-hybridized carbons (Fsp3) is 0.500. The molecule has 2 rings (SSSR count). The highest BCUT2D eigenvalue weighted by Gasteiger charge is 2.37. The molecule has 1 fully saturated rings. The summed E-state index contributed by atoms with van der Waals surface area (Å²) in [4.78, 5) is 3.98. The van der Waals surface area contributed by atoms with Crippen molar-refractivity contribution in [2.45, 2.75) is 0 Å². The largest absolute Gasteiger partial charge is 0.396 e. The lowest BCUT2D eigenvalue weighted by molar-refractivity contribution is -0.128. The first-order valence-corrected chi connectivity index (χ1v) is 6.34. The van der Waals surface area contributed by atoms with Crippen molar-refractivity contribution in [3.8, 4) is 0 Å². The zero-order valence-corrected chi connectivity index (χ0v) is 11.5. The smallest absolute Gasteiger partial charge is 0.131 e. The summed E-state index contributed by atoms with van der Waals surface area (Å²) in [5, 5.41) is 13.0. The minimum absolute atomic E-state index is 0.134. The van der Waals surface area contributed by atoms with Crippen molar-refractivity contribution < 1.29 is 9.84 Å². The van der Waals surface area contributed by atoms with E-state index in [-0.39, 0.29) is 12.0 Å². The molecule has 0 amide bonds. The van der Waals surface area contributed by atoms with E-state index in [1.54, 1.807) is 12.3 Å². The van der Waals surface area contributed by atoms with Gasteiger partial charge in [0.25, 0.3) is 0 Å². The van der Waals surface area contributed by atoms with Gasteiger partial charge in [0.05, 0.1) is 34.5 Å². The molecule has 0 bridgehead atoms. The van der Waals surface area contributed by atoms with Crippen LogP contribution in [0.15, 0.2) is 12.3 Å². The van der Waals surface area contributed by atoms with E-state index >= 15 is 0 Å².